The molecule has 0 amide bonds. The predicted octanol–water partition coefficient (Wildman–Crippen LogP) is 3.77. The first-order chi connectivity index (χ1) is 9.61. The quantitative estimate of drug-likeness (QED) is 0.757. The van der Waals surface area contributed by atoms with Crippen LogP contribution in [0.25, 0.3) is 10.9 Å². The summed E-state index contributed by atoms with van der Waals surface area (Å²) >= 11 is 0. The highest BCUT2D eigenvalue weighted by Gasteiger charge is 2.06. The second-order valence-electron chi connectivity index (χ2n) is 5.06. The van der Waals surface area contributed by atoms with Crippen LogP contribution in [0.5, 0.6) is 0 Å². The van der Waals surface area contributed by atoms with Crippen LogP contribution in [-0.4, -0.2) is 16.1 Å². The monoisotopic (exact) mass is 265 g/mol. The molecular weight excluding hydrogens is 250 g/mol. The van der Waals surface area contributed by atoms with Gasteiger partial charge in [-0.2, -0.15) is 0 Å². The van der Waals surface area contributed by atoms with Crippen LogP contribution in [0.1, 0.15) is 27.2 Å². The van der Waals surface area contributed by atoms with Crippen molar-refractivity contribution >= 4 is 16.9 Å². The van der Waals surface area contributed by atoms with Crippen molar-refractivity contribution in [2.75, 3.05) is 0 Å². The lowest BCUT2D eigenvalue weighted by Gasteiger charge is -1.99. The van der Waals surface area contributed by atoms with Crippen LogP contribution in [0.3, 0.4) is 0 Å². The minimum atomic E-state index is -0.901. The molecule has 0 aliphatic carbocycles. The number of aryl methyl sites for hydroxylation is 1. The van der Waals surface area contributed by atoms with Crippen LogP contribution in [0.4, 0.5) is 0 Å². The van der Waals surface area contributed by atoms with Crippen LogP contribution in [0.15, 0.2) is 48.5 Å². The Kier molecular flexibility index (Phi) is 3.03. The molecule has 1 aromatic heterocycles. The zero-order chi connectivity index (χ0) is 14.1. The third-order valence-corrected chi connectivity index (χ3v) is 3.44. The molecule has 2 N–H and O–H groups in total. The van der Waals surface area contributed by atoms with Gasteiger partial charge in [0.25, 0.3) is 0 Å². The maximum absolute atomic E-state index is 11.0. The Labute approximate surface area is 116 Å². The Morgan fingerprint density at radius 2 is 1.85 bits per heavy atom. The van der Waals surface area contributed by atoms with Gasteiger partial charge in [0.2, 0.25) is 0 Å². The Morgan fingerprint density at radius 1 is 1.10 bits per heavy atom. The number of rotatable bonds is 3. The second kappa shape index (κ2) is 4.85. The highest BCUT2D eigenvalue weighted by Crippen LogP contribution is 2.19. The minimum absolute atomic E-state index is 0.307. The molecule has 3 heteroatoms. The Balaban J connectivity index is 1.92. The van der Waals surface area contributed by atoms with Gasteiger partial charge in [-0.05, 0) is 36.1 Å². The van der Waals surface area contributed by atoms with E-state index in [4.69, 9.17) is 5.11 Å². The number of aromatic amines is 1. The molecule has 100 valence electrons. The fraction of sp³-hybridized carbons (Fsp3) is 0.118. The molecular formula is C17H15NO2. The molecule has 0 aliphatic heterocycles. The predicted molar refractivity (Wildman–Crippen MR) is 79.2 cm³/mol. The zero-order valence-electron chi connectivity index (χ0n) is 11.2. The van der Waals surface area contributed by atoms with E-state index in [1.54, 1.807) is 12.1 Å². The van der Waals surface area contributed by atoms with Crippen LogP contribution in [0, 0.1) is 6.92 Å². The van der Waals surface area contributed by atoms with Gasteiger partial charge in [0.15, 0.2) is 0 Å². The number of carbonyl (C=O) groups is 1. The Bertz CT molecular complexity index is 769. The highest BCUT2D eigenvalue weighted by atomic mass is 16.4. The van der Waals surface area contributed by atoms with Crippen LogP contribution >= 0.6 is 0 Å². The first-order valence-corrected chi connectivity index (χ1v) is 6.52. The average molecular weight is 265 g/mol. The van der Waals surface area contributed by atoms with E-state index < -0.39 is 5.97 Å². The van der Waals surface area contributed by atoms with E-state index in [2.05, 4.69) is 42.2 Å². The molecule has 2 aromatic carbocycles. The smallest absolute Gasteiger partial charge is 0.335 e. The number of aromatic nitrogens is 1. The summed E-state index contributed by atoms with van der Waals surface area (Å²) < 4.78 is 0. The van der Waals surface area contributed by atoms with E-state index in [9.17, 15) is 4.79 Å². The Hall–Kier alpha value is -2.55. The fourth-order valence-corrected chi connectivity index (χ4v) is 2.34. The van der Waals surface area contributed by atoms with Crippen molar-refractivity contribution in [1.29, 1.82) is 0 Å². The lowest BCUT2D eigenvalue weighted by Crippen LogP contribution is -1.94. The van der Waals surface area contributed by atoms with Crippen molar-refractivity contribution in [1.82, 2.24) is 4.98 Å². The molecule has 0 atom stereocenters. The number of carboxylic acids is 1. The van der Waals surface area contributed by atoms with Crippen molar-refractivity contribution in [3.63, 3.8) is 0 Å². The van der Waals surface area contributed by atoms with Crippen molar-refractivity contribution in [2.45, 2.75) is 13.3 Å². The SMILES string of the molecule is Cc1ccc(Cc2cc3ccc(C(=O)O)cc3[nH]2)cc1. The minimum Gasteiger partial charge on any atom is -0.478 e. The van der Waals surface area contributed by atoms with E-state index in [0.29, 0.717) is 5.56 Å². The van der Waals surface area contributed by atoms with Gasteiger partial charge in [0.05, 0.1) is 5.56 Å². The summed E-state index contributed by atoms with van der Waals surface area (Å²) in [4.78, 5) is 14.3. The van der Waals surface area contributed by atoms with Gasteiger partial charge < -0.3 is 10.1 Å². The number of nitrogens with one attached hydrogen (secondary N) is 1. The molecule has 0 unspecified atom stereocenters. The largest absolute Gasteiger partial charge is 0.478 e. The van der Waals surface area contributed by atoms with Crippen molar-refractivity contribution in [3.8, 4) is 0 Å². The second-order valence-corrected chi connectivity index (χ2v) is 5.06. The summed E-state index contributed by atoms with van der Waals surface area (Å²) in [6.45, 7) is 2.07. The molecule has 0 spiro atoms. The van der Waals surface area contributed by atoms with Crippen molar-refractivity contribution in [3.05, 3.63) is 70.9 Å². The van der Waals surface area contributed by atoms with Gasteiger partial charge in [0.1, 0.15) is 0 Å². The van der Waals surface area contributed by atoms with E-state index in [0.717, 1.165) is 23.0 Å². The molecule has 0 bridgehead atoms. The van der Waals surface area contributed by atoms with E-state index in [1.165, 1.54) is 11.1 Å². The highest BCUT2D eigenvalue weighted by molar-refractivity contribution is 5.93. The molecule has 0 radical (unpaired) electrons. The third-order valence-electron chi connectivity index (χ3n) is 3.44. The lowest BCUT2D eigenvalue weighted by molar-refractivity contribution is 0.0697. The van der Waals surface area contributed by atoms with Crippen LogP contribution in [0.2, 0.25) is 0 Å². The van der Waals surface area contributed by atoms with Gasteiger partial charge in [0, 0.05) is 17.6 Å². The first kappa shape index (κ1) is 12.5. The maximum atomic E-state index is 11.0. The summed E-state index contributed by atoms with van der Waals surface area (Å²) in [7, 11) is 0. The van der Waals surface area contributed by atoms with Gasteiger partial charge in [-0.3, -0.25) is 0 Å². The van der Waals surface area contributed by atoms with Gasteiger partial charge in [-0.15, -0.1) is 0 Å². The number of aromatic carboxylic acids is 1. The molecule has 0 saturated carbocycles. The van der Waals surface area contributed by atoms with Gasteiger partial charge >= 0.3 is 5.97 Å². The molecule has 20 heavy (non-hydrogen) atoms. The number of H-pyrrole nitrogens is 1. The zero-order valence-corrected chi connectivity index (χ0v) is 11.2. The molecule has 3 rings (SSSR count). The molecule has 0 aliphatic rings. The van der Waals surface area contributed by atoms with E-state index in [-0.39, 0.29) is 0 Å². The van der Waals surface area contributed by atoms with E-state index >= 15 is 0 Å². The molecule has 1 heterocycles. The summed E-state index contributed by atoms with van der Waals surface area (Å²) in [5, 5.41) is 10.0. The average Bonchev–Trinajstić information content (AvgIpc) is 2.82. The van der Waals surface area contributed by atoms with Gasteiger partial charge in [-0.25, -0.2) is 4.79 Å². The summed E-state index contributed by atoms with van der Waals surface area (Å²) in [6, 6.07) is 15.6. The number of hydrogen-bond donors (Lipinski definition) is 2. The number of carboxylic acid groups (broad SMARTS) is 1. The summed E-state index contributed by atoms with van der Waals surface area (Å²) in [6.07, 6.45) is 0.817. The summed E-state index contributed by atoms with van der Waals surface area (Å²) in [5.74, 6) is -0.901. The number of hydrogen-bond acceptors (Lipinski definition) is 1. The molecule has 0 saturated heterocycles. The number of fused-ring (bicyclic) bond motifs is 1. The van der Waals surface area contributed by atoms with E-state index in [1.807, 2.05) is 6.07 Å². The maximum Gasteiger partial charge on any atom is 0.335 e. The van der Waals surface area contributed by atoms with Crippen LogP contribution < -0.4 is 0 Å². The molecule has 3 aromatic rings. The number of benzene rings is 2. The van der Waals surface area contributed by atoms with Crippen LogP contribution in [-0.2, 0) is 6.42 Å². The van der Waals surface area contributed by atoms with Crippen molar-refractivity contribution < 1.29 is 9.90 Å². The lowest BCUT2D eigenvalue weighted by atomic mass is 10.1. The fourth-order valence-electron chi connectivity index (χ4n) is 2.34. The Morgan fingerprint density at radius 3 is 2.55 bits per heavy atom. The third kappa shape index (κ3) is 2.43. The molecule has 3 nitrogen and oxygen atoms in total. The normalized spacial score (nSPS) is 10.8. The van der Waals surface area contributed by atoms with Crippen molar-refractivity contribution in [2.24, 2.45) is 0 Å². The first-order valence-electron chi connectivity index (χ1n) is 6.52. The standard InChI is InChI=1S/C17H15NO2/c1-11-2-4-12(5-3-11)8-15-9-13-6-7-14(17(19)20)10-16(13)18-15/h2-7,9-10,18H,8H2,1H3,(H,19,20). The molecule has 0 fully saturated rings. The topological polar surface area (TPSA) is 53.1 Å². The van der Waals surface area contributed by atoms with Gasteiger partial charge in [-0.1, -0.05) is 35.9 Å². The summed E-state index contributed by atoms with van der Waals surface area (Å²) in [5.41, 5.74) is 4.75.